The minimum atomic E-state index is 0.688. The minimum Gasteiger partial charge on any atom is -0.357 e. The molecule has 0 fully saturated rings. The molecule has 0 saturated carbocycles. The van der Waals surface area contributed by atoms with E-state index in [4.69, 9.17) is 11.6 Å². The number of pyridine rings is 1. The topological polar surface area (TPSA) is 19.4 Å². The SMILES string of the molecule is CCN(CCCN(C)C)c1ccc(Cl)cn1. The number of hydrogen-bond donors (Lipinski definition) is 0. The predicted molar refractivity (Wildman–Crippen MR) is 70.3 cm³/mol. The Bertz CT molecular complexity index is 298. The summed E-state index contributed by atoms with van der Waals surface area (Å²) in [5, 5.41) is 0.688. The Balaban J connectivity index is 2.50. The summed E-state index contributed by atoms with van der Waals surface area (Å²) < 4.78 is 0. The van der Waals surface area contributed by atoms with Crippen molar-refractivity contribution in [3.05, 3.63) is 23.4 Å². The molecule has 0 spiro atoms. The summed E-state index contributed by atoms with van der Waals surface area (Å²) in [6, 6.07) is 3.86. The summed E-state index contributed by atoms with van der Waals surface area (Å²) >= 11 is 5.82. The van der Waals surface area contributed by atoms with Crippen LogP contribution in [0, 0.1) is 0 Å². The second-order valence-corrected chi connectivity index (χ2v) is 4.51. The van der Waals surface area contributed by atoms with Crippen LogP contribution in [0.15, 0.2) is 18.3 Å². The number of aromatic nitrogens is 1. The van der Waals surface area contributed by atoms with Crippen LogP contribution in [-0.2, 0) is 0 Å². The smallest absolute Gasteiger partial charge is 0.128 e. The zero-order valence-corrected chi connectivity index (χ0v) is 11.0. The van der Waals surface area contributed by atoms with Crippen molar-refractivity contribution in [3.8, 4) is 0 Å². The molecule has 16 heavy (non-hydrogen) atoms. The molecule has 0 saturated heterocycles. The fourth-order valence-corrected chi connectivity index (χ4v) is 1.68. The molecule has 1 aromatic rings. The fraction of sp³-hybridized carbons (Fsp3) is 0.583. The highest BCUT2D eigenvalue weighted by molar-refractivity contribution is 6.30. The molecule has 0 amide bonds. The first-order chi connectivity index (χ1) is 7.63. The molecule has 0 N–H and O–H groups in total. The zero-order valence-electron chi connectivity index (χ0n) is 10.3. The molecule has 1 rings (SSSR count). The Morgan fingerprint density at radius 2 is 2.00 bits per heavy atom. The van der Waals surface area contributed by atoms with Crippen LogP contribution in [0.25, 0.3) is 0 Å². The van der Waals surface area contributed by atoms with Crippen molar-refractivity contribution in [2.24, 2.45) is 0 Å². The molecule has 1 aromatic heterocycles. The third-order valence-electron chi connectivity index (χ3n) is 2.45. The molecule has 0 aliphatic carbocycles. The normalized spacial score (nSPS) is 10.8. The maximum atomic E-state index is 5.82. The van der Waals surface area contributed by atoms with Gasteiger partial charge in [-0.2, -0.15) is 0 Å². The monoisotopic (exact) mass is 241 g/mol. The van der Waals surface area contributed by atoms with Gasteiger partial charge in [0.1, 0.15) is 5.82 Å². The van der Waals surface area contributed by atoms with E-state index in [1.165, 1.54) is 0 Å². The number of rotatable bonds is 6. The van der Waals surface area contributed by atoms with Crippen LogP contribution in [0.1, 0.15) is 13.3 Å². The van der Waals surface area contributed by atoms with Crippen LogP contribution < -0.4 is 4.90 Å². The molecule has 0 atom stereocenters. The van der Waals surface area contributed by atoms with Gasteiger partial charge in [-0.1, -0.05) is 11.6 Å². The van der Waals surface area contributed by atoms with Crippen molar-refractivity contribution < 1.29 is 0 Å². The van der Waals surface area contributed by atoms with Crippen LogP contribution in [-0.4, -0.2) is 43.6 Å². The van der Waals surface area contributed by atoms with E-state index in [9.17, 15) is 0 Å². The van der Waals surface area contributed by atoms with Crippen molar-refractivity contribution >= 4 is 17.4 Å². The molecule has 0 aliphatic heterocycles. The van der Waals surface area contributed by atoms with Crippen LogP contribution in [0.5, 0.6) is 0 Å². The van der Waals surface area contributed by atoms with Gasteiger partial charge in [-0.25, -0.2) is 4.98 Å². The first-order valence-corrected chi connectivity index (χ1v) is 6.02. The van der Waals surface area contributed by atoms with Crippen molar-refractivity contribution in [2.75, 3.05) is 38.6 Å². The molecule has 0 unspecified atom stereocenters. The summed E-state index contributed by atoms with van der Waals surface area (Å²) in [6.07, 6.45) is 2.84. The van der Waals surface area contributed by atoms with E-state index < -0.39 is 0 Å². The average Bonchev–Trinajstić information content (AvgIpc) is 2.26. The Morgan fingerprint density at radius 1 is 1.25 bits per heavy atom. The largest absolute Gasteiger partial charge is 0.357 e. The van der Waals surface area contributed by atoms with Crippen molar-refractivity contribution in [1.29, 1.82) is 0 Å². The lowest BCUT2D eigenvalue weighted by molar-refractivity contribution is 0.400. The first kappa shape index (κ1) is 13.3. The lowest BCUT2D eigenvalue weighted by Gasteiger charge is -2.22. The van der Waals surface area contributed by atoms with E-state index in [2.05, 4.69) is 35.8 Å². The highest BCUT2D eigenvalue weighted by atomic mass is 35.5. The third kappa shape index (κ3) is 4.37. The van der Waals surface area contributed by atoms with E-state index in [0.29, 0.717) is 5.02 Å². The highest BCUT2D eigenvalue weighted by Crippen LogP contribution is 2.14. The molecule has 4 heteroatoms. The van der Waals surface area contributed by atoms with Gasteiger partial charge in [-0.3, -0.25) is 0 Å². The van der Waals surface area contributed by atoms with Gasteiger partial charge in [-0.05, 0) is 46.1 Å². The molecule has 0 aliphatic rings. The second-order valence-electron chi connectivity index (χ2n) is 4.07. The van der Waals surface area contributed by atoms with E-state index in [-0.39, 0.29) is 0 Å². The van der Waals surface area contributed by atoms with Gasteiger partial charge in [0.05, 0.1) is 5.02 Å². The van der Waals surface area contributed by atoms with Crippen LogP contribution in [0.2, 0.25) is 5.02 Å². The molecule has 0 radical (unpaired) electrons. The third-order valence-corrected chi connectivity index (χ3v) is 2.67. The average molecular weight is 242 g/mol. The Morgan fingerprint density at radius 3 is 2.50 bits per heavy atom. The Hall–Kier alpha value is -0.800. The summed E-state index contributed by atoms with van der Waals surface area (Å²) in [5.74, 6) is 1.01. The minimum absolute atomic E-state index is 0.688. The first-order valence-electron chi connectivity index (χ1n) is 5.64. The molecule has 1 heterocycles. The fourth-order valence-electron chi connectivity index (χ4n) is 1.57. The van der Waals surface area contributed by atoms with E-state index in [0.717, 1.165) is 31.9 Å². The maximum Gasteiger partial charge on any atom is 0.128 e. The summed E-state index contributed by atoms with van der Waals surface area (Å²) in [7, 11) is 4.19. The highest BCUT2D eigenvalue weighted by Gasteiger charge is 2.05. The lowest BCUT2D eigenvalue weighted by atomic mass is 10.3. The van der Waals surface area contributed by atoms with Gasteiger partial charge in [0.25, 0.3) is 0 Å². The van der Waals surface area contributed by atoms with Crippen molar-refractivity contribution in [1.82, 2.24) is 9.88 Å². The number of anilines is 1. The summed E-state index contributed by atoms with van der Waals surface area (Å²) in [4.78, 5) is 8.79. The van der Waals surface area contributed by atoms with Gasteiger partial charge in [0, 0.05) is 19.3 Å². The molecule has 0 bridgehead atoms. The number of nitrogens with zero attached hydrogens (tertiary/aromatic N) is 3. The van der Waals surface area contributed by atoms with Crippen molar-refractivity contribution in [2.45, 2.75) is 13.3 Å². The van der Waals surface area contributed by atoms with Crippen LogP contribution in [0.4, 0.5) is 5.82 Å². The molecular formula is C12H20ClN3. The van der Waals surface area contributed by atoms with Gasteiger partial charge in [0.15, 0.2) is 0 Å². The van der Waals surface area contributed by atoms with Gasteiger partial charge < -0.3 is 9.80 Å². The molecule has 0 aromatic carbocycles. The number of halogens is 1. The standard InChI is InChI=1S/C12H20ClN3/c1-4-16(9-5-8-15(2)3)12-7-6-11(13)10-14-12/h6-7,10H,4-5,8-9H2,1-3H3. The molecule has 90 valence electrons. The van der Waals surface area contributed by atoms with E-state index in [1.807, 2.05) is 12.1 Å². The molecular weight excluding hydrogens is 222 g/mol. The van der Waals surface area contributed by atoms with E-state index in [1.54, 1.807) is 6.20 Å². The quantitative estimate of drug-likeness (QED) is 0.763. The van der Waals surface area contributed by atoms with Gasteiger partial charge in [0.2, 0.25) is 0 Å². The van der Waals surface area contributed by atoms with Gasteiger partial charge >= 0.3 is 0 Å². The lowest BCUT2D eigenvalue weighted by Crippen LogP contribution is -2.27. The Kier molecular flexibility index (Phi) is 5.56. The summed E-state index contributed by atoms with van der Waals surface area (Å²) in [6.45, 7) is 5.25. The van der Waals surface area contributed by atoms with Crippen molar-refractivity contribution in [3.63, 3.8) is 0 Å². The van der Waals surface area contributed by atoms with E-state index >= 15 is 0 Å². The predicted octanol–water partition coefficient (Wildman–Crippen LogP) is 2.51. The Labute approximate surface area is 103 Å². The van der Waals surface area contributed by atoms with Crippen LogP contribution >= 0.6 is 11.6 Å². The summed E-state index contributed by atoms with van der Waals surface area (Å²) in [5.41, 5.74) is 0. The second kappa shape index (κ2) is 6.71. The molecule has 3 nitrogen and oxygen atoms in total. The van der Waals surface area contributed by atoms with Crippen LogP contribution in [0.3, 0.4) is 0 Å². The maximum absolute atomic E-state index is 5.82. The number of hydrogen-bond acceptors (Lipinski definition) is 3. The zero-order chi connectivity index (χ0) is 12.0. The van der Waals surface area contributed by atoms with Gasteiger partial charge in [-0.15, -0.1) is 0 Å².